The second kappa shape index (κ2) is 4.29. The number of carboxylic acids is 1. The van der Waals surface area contributed by atoms with Crippen molar-refractivity contribution in [2.45, 2.75) is 25.3 Å². The molecular weight excluding hydrogens is 234 g/mol. The Morgan fingerprint density at radius 3 is 2.89 bits per heavy atom. The van der Waals surface area contributed by atoms with Crippen LogP contribution in [0.1, 0.15) is 30.1 Å². The van der Waals surface area contributed by atoms with Crippen molar-refractivity contribution in [2.75, 3.05) is 11.4 Å². The maximum Gasteiger partial charge on any atom is 0.329 e. The largest absolute Gasteiger partial charge is 0.480 e. The average molecular weight is 249 g/mol. The number of anilines is 1. The number of hydrogen-bond acceptors (Lipinski definition) is 4. The number of aromatic nitrogens is 1. The molecule has 6 heteroatoms. The highest BCUT2D eigenvalue weighted by molar-refractivity contribution is 5.98. The predicted molar refractivity (Wildman–Crippen MR) is 65.4 cm³/mol. The van der Waals surface area contributed by atoms with Gasteiger partial charge in [-0.25, -0.2) is 9.78 Å². The van der Waals surface area contributed by atoms with E-state index in [0.29, 0.717) is 18.8 Å². The third kappa shape index (κ3) is 1.79. The van der Waals surface area contributed by atoms with Crippen LogP contribution < -0.4 is 10.6 Å². The zero-order valence-electron chi connectivity index (χ0n) is 10.1. The lowest BCUT2D eigenvalue weighted by molar-refractivity contribution is -0.142. The molecule has 1 aliphatic heterocycles. The normalized spacial score (nSPS) is 23.1. The molecule has 2 rings (SSSR count). The van der Waals surface area contributed by atoms with Crippen LogP contribution in [-0.4, -0.2) is 34.1 Å². The Bertz CT molecular complexity index is 503. The average Bonchev–Trinajstić information content (AvgIpc) is 2.72. The monoisotopic (exact) mass is 249 g/mol. The molecule has 0 spiro atoms. The number of nitrogens with two attached hydrogens (primary N) is 1. The Balaban J connectivity index is 2.49. The molecule has 18 heavy (non-hydrogen) atoms. The van der Waals surface area contributed by atoms with Crippen molar-refractivity contribution in [1.82, 2.24) is 4.98 Å². The van der Waals surface area contributed by atoms with Crippen molar-refractivity contribution in [1.29, 1.82) is 0 Å². The van der Waals surface area contributed by atoms with Gasteiger partial charge in [-0.1, -0.05) is 0 Å². The van der Waals surface area contributed by atoms with Crippen molar-refractivity contribution in [2.24, 2.45) is 5.73 Å². The summed E-state index contributed by atoms with van der Waals surface area (Å²) in [5, 5.41) is 9.35. The molecule has 1 amide bonds. The lowest BCUT2D eigenvalue weighted by atomic mass is 9.99. The predicted octanol–water partition coefficient (Wildman–Crippen LogP) is 0.624. The van der Waals surface area contributed by atoms with Crippen molar-refractivity contribution in [3.8, 4) is 0 Å². The second-order valence-corrected chi connectivity index (χ2v) is 4.57. The standard InChI is InChI=1S/C12H15N3O3/c1-12(11(17)18)5-3-7-15(12)10-8(9(13)16)4-2-6-14-10/h2,4,6H,3,5,7H2,1H3,(H2,13,16)(H,17,18). The summed E-state index contributed by atoms with van der Waals surface area (Å²) >= 11 is 0. The van der Waals surface area contributed by atoms with E-state index in [4.69, 9.17) is 5.73 Å². The third-order valence-electron chi connectivity index (χ3n) is 3.41. The highest BCUT2D eigenvalue weighted by Gasteiger charge is 2.45. The summed E-state index contributed by atoms with van der Waals surface area (Å²) in [5.41, 5.74) is 4.52. The molecule has 0 aromatic carbocycles. The van der Waals surface area contributed by atoms with Gasteiger partial charge in [-0.2, -0.15) is 0 Å². The van der Waals surface area contributed by atoms with Gasteiger partial charge in [-0.15, -0.1) is 0 Å². The first kappa shape index (κ1) is 12.3. The van der Waals surface area contributed by atoms with E-state index in [1.165, 1.54) is 6.20 Å². The number of primary amides is 1. The maximum absolute atomic E-state index is 11.4. The van der Waals surface area contributed by atoms with Crippen LogP contribution in [0.3, 0.4) is 0 Å². The van der Waals surface area contributed by atoms with Gasteiger partial charge in [0, 0.05) is 12.7 Å². The summed E-state index contributed by atoms with van der Waals surface area (Å²) in [4.78, 5) is 28.5. The van der Waals surface area contributed by atoms with Gasteiger partial charge in [-0.05, 0) is 31.9 Å². The van der Waals surface area contributed by atoms with Gasteiger partial charge in [0.05, 0.1) is 5.56 Å². The van der Waals surface area contributed by atoms with Crippen LogP contribution in [-0.2, 0) is 4.79 Å². The second-order valence-electron chi connectivity index (χ2n) is 4.57. The maximum atomic E-state index is 11.4. The smallest absolute Gasteiger partial charge is 0.329 e. The van der Waals surface area contributed by atoms with Gasteiger partial charge in [0.1, 0.15) is 11.4 Å². The number of pyridine rings is 1. The van der Waals surface area contributed by atoms with E-state index >= 15 is 0 Å². The molecule has 0 radical (unpaired) electrons. The molecule has 3 N–H and O–H groups in total. The number of nitrogens with zero attached hydrogens (tertiary/aromatic N) is 2. The zero-order valence-corrected chi connectivity index (χ0v) is 10.1. The Kier molecular flexibility index (Phi) is 2.94. The Morgan fingerprint density at radius 1 is 1.56 bits per heavy atom. The first-order valence-electron chi connectivity index (χ1n) is 5.72. The summed E-state index contributed by atoms with van der Waals surface area (Å²) in [6, 6.07) is 3.17. The fraction of sp³-hybridized carbons (Fsp3) is 0.417. The molecular formula is C12H15N3O3. The summed E-state index contributed by atoms with van der Waals surface area (Å²) in [6.45, 7) is 2.20. The van der Waals surface area contributed by atoms with Gasteiger partial charge < -0.3 is 15.7 Å². The topological polar surface area (TPSA) is 96.5 Å². The number of carbonyl (C=O) groups excluding carboxylic acids is 1. The number of amides is 1. The molecule has 0 aliphatic carbocycles. The van der Waals surface area contributed by atoms with Crippen molar-refractivity contribution in [3.05, 3.63) is 23.9 Å². The first-order chi connectivity index (χ1) is 8.47. The van der Waals surface area contributed by atoms with Gasteiger partial charge in [0.25, 0.3) is 5.91 Å². The van der Waals surface area contributed by atoms with E-state index in [1.807, 2.05) is 0 Å². The van der Waals surface area contributed by atoms with Gasteiger partial charge in [0.2, 0.25) is 0 Å². The van der Waals surface area contributed by atoms with E-state index in [-0.39, 0.29) is 5.56 Å². The van der Waals surface area contributed by atoms with E-state index in [1.54, 1.807) is 24.0 Å². The molecule has 6 nitrogen and oxygen atoms in total. The van der Waals surface area contributed by atoms with Crippen LogP contribution >= 0.6 is 0 Å². The molecule has 1 aromatic heterocycles. The van der Waals surface area contributed by atoms with Crippen LogP contribution in [0.4, 0.5) is 5.82 Å². The van der Waals surface area contributed by atoms with Crippen LogP contribution in [0.15, 0.2) is 18.3 Å². The summed E-state index contributed by atoms with van der Waals surface area (Å²) < 4.78 is 0. The van der Waals surface area contributed by atoms with E-state index in [9.17, 15) is 14.7 Å². The quantitative estimate of drug-likeness (QED) is 0.818. The number of carbonyl (C=O) groups is 2. The molecule has 96 valence electrons. The lowest BCUT2D eigenvalue weighted by Crippen LogP contribution is -2.49. The number of hydrogen-bond donors (Lipinski definition) is 2. The fourth-order valence-electron chi connectivity index (χ4n) is 2.33. The Labute approximate surface area is 104 Å². The van der Waals surface area contributed by atoms with Crippen molar-refractivity contribution in [3.63, 3.8) is 0 Å². The van der Waals surface area contributed by atoms with E-state index in [0.717, 1.165) is 6.42 Å². The molecule has 0 bridgehead atoms. The minimum atomic E-state index is -1.03. The minimum Gasteiger partial charge on any atom is -0.480 e. The highest BCUT2D eigenvalue weighted by atomic mass is 16.4. The van der Waals surface area contributed by atoms with Crippen molar-refractivity contribution >= 4 is 17.7 Å². The summed E-state index contributed by atoms with van der Waals surface area (Å²) in [5.74, 6) is -1.16. The molecule has 1 aromatic rings. The first-order valence-corrected chi connectivity index (χ1v) is 5.72. The molecule has 1 saturated heterocycles. The van der Waals surface area contributed by atoms with Crippen LogP contribution in [0.2, 0.25) is 0 Å². The number of carboxylic acid groups (broad SMARTS) is 1. The van der Waals surface area contributed by atoms with Crippen molar-refractivity contribution < 1.29 is 14.7 Å². The van der Waals surface area contributed by atoms with E-state index < -0.39 is 17.4 Å². The van der Waals surface area contributed by atoms with Gasteiger partial charge >= 0.3 is 5.97 Å². The SMILES string of the molecule is CC1(C(=O)O)CCCN1c1ncccc1C(N)=O. The number of aliphatic carboxylic acids is 1. The molecule has 1 unspecified atom stereocenters. The lowest BCUT2D eigenvalue weighted by Gasteiger charge is -2.32. The minimum absolute atomic E-state index is 0.256. The van der Waals surface area contributed by atoms with Crippen LogP contribution in [0, 0.1) is 0 Å². The van der Waals surface area contributed by atoms with Gasteiger partial charge in [-0.3, -0.25) is 4.79 Å². The van der Waals surface area contributed by atoms with E-state index in [2.05, 4.69) is 4.98 Å². The molecule has 1 aliphatic rings. The molecule has 1 atom stereocenters. The zero-order chi connectivity index (χ0) is 13.3. The third-order valence-corrected chi connectivity index (χ3v) is 3.41. The fourth-order valence-corrected chi connectivity index (χ4v) is 2.33. The highest BCUT2D eigenvalue weighted by Crippen LogP contribution is 2.34. The Hall–Kier alpha value is -2.11. The Morgan fingerprint density at radius 2 is 2.28 bits per heavy atom. The van der Waals surface area contributed by atoms with Gasteiger partial charge in [0.15, 0.2) is 0 Å². The van der Waals surface area contributed by atoms with Crippen LogP contribution in [0.25, 0.3) is 0 Å². The molecule has 2 heterocycles. The number of rotatable bonds is 3. The summed E-state index contributed by atoms with van der Waals surface area (Å²) in [6.07, 6.45) is 2.80. The van der Waals surface area contributed by atoms with Crippen LogP contribution in [0.5, 0.6) is 0 Å². The molecule has 1 fully saturated rings. The molecule has 0 saturated carbocycles. The summed E-state index contributed by atoms with van der Waals surface area (Å²) in [7, 11) is 0.